The van der Waals surface area contributed by atoms with E-state index in [1.807, 2.05) is 35.2 Å². The topological polar surface area (TPSA) is 143 Å². The van der Waals surface area contributed by atoms with Crippen molar-refractivity contribution in [2.24, 2.45) is 5.73 Å². The van der Waals surface area contributed by atoms with Crippen LogP contribution in [0, 0.1) is 0 Å². The summed E-state index contributed by atoms with van der Waals surface area (Å²) < 4.78 is 10.9. The largest absolute Gasteiger partial charge is 0.482 e. The van der Waals surface area contributed by atoms with Crippen molar-refractivity contribution in [2.45, 2.75) is 51.2 Å². The maximum Gasteiger partial charge on any atom is 0.410 e. The monoisotopic (exact) mass is 611 g/mol. The Morgan fingerprint density at radius 3 is 2.58 bits per heavy atom. The lowest BCUT2D eigenvalue weighted by Crippen LogP contribution is -2.36. The number of nitrogens with one attached hydrogen (secondary N) is 2. The summed E-state index contributed by atoms with van der Waals surface area (Å²) in [5, 5.41) is 5.71. The van der Waals surface area contributed by atoms with Gasteiger partial charge >= 0.3 is 6.09 Å². The predicted octanol–water partition coefficient (Wildman–Crippen LogP) is 4.31. The molecule has 2 heterocycles. The number of unbranched alkanes of at least 4 members (excludes halogenated alkanes) is 1. The Hall–Kier alpha value is -4.90. The van der Waals surface area contributed by atoms with Gasteiger partial charge < -0.3 is 35.6 Å². The summed E-state index contributed by atoms with van der Waals surface area (Å²) in [6, 6.07) is 18.3. The predicted molar refractivity (Wildman–Crippen MR) is 168 cm³/mol. The highest BCUT2D eigenvalue weighted by Gasteiger charge is 2.33. The number of amides is 4. The Balaban J connectivity index is 1.06. The van der Waals surface area contributed by atoms with Crippen LogP contribution >= 0.6 is 0 Å². The number of benzene rings is 3. The molecule has 45 heavy (non-hydrogen) atoms. The molecule has 0 saturated heterocycles. The summed E-state index contributed by atoms with van der Waals surface area (Å²) in [6.07, 6.45) is 3.84. The third-order valence-corrected chi connectivity index (χ3v) is 8.24. The number of ether oxygens (including phenoxy) is 2. The smallest absolute Gasteiger partial charge is 0.410 e. The number of hydrogen-bond acceptors (Lipinski definition) is 7. The van der Waals surface area contributed by atoms with E-state index in [1.165, 1.54) is 0 Å². The van der Waals surface area contributed by atoms with E-state index in [-0.39, 0.29) is 36.5 Å². The number of nitrogens with two attached hydrogens (primary N) is 1. The zero-order valence-electron chi connectivity index (χ0n) is 25.1. The second-order valence-electron chi connectivity index (χ2n) is 11.6. The van der Waals surface area contributed by atoms with Gasteiger partial charge in [-0.2, -0.15) is 0 Å². The van der Waals surface area contributed by atoms with Crippen molar-refractivity contribution in [3.05, 3.63) is 88.5 Å². The van der Waals surface area contributed by atoms with E-state index < -0.39 is 0 Å². The van der Waals surface area contributed by atoms with E-state index >= 15 is 0 Å². The number of nitrogens with zero attached hydrogens (tertiary/aromatic N) is 2. The number of anilines is 2. The van der Waals surface area contributed by atoms with Gasteiger partial charge in [0, 0.05) is 42.5 Å². The fourth-order valence-corrected chi connectivity index (χ4v) is 5.58. The third kappa shape index (κ3) is 7.26. The zero-order chi connectivity index (χ0) is 31.3. The normalized spacial score (nSPS) is 15.2. The van der Waals surface area contributed by atoms with Crippen molar-refractivity contribution in [3.63, 3.8) is 0 Å². The fourth-order valence-electron chi connectivity index (χ4n) is 5.58. The summed E-state index contributed by atoms with van der Waals surface area (Å²) >= 11 is 0. The van der Waals surface area contributed by atoms with Gasteiger partial charge in [-0.15, -0.1) is 0 Å². The molecule has 11 nitrogen and oxygen atoms in total. The molecule has 1 fully saturated rings. The molecule has 4 N–H and O–H groups in total. The van der Waals surface area contributed by atoms with Crippen LogP contribution in [0.3, 0.4) is 0 Å². The summed E-state index contributed by atoms with van der Waals surface area (Å²) in [5.41, 5.74) is 10.8. The molecule has 0 aromatic heterocycles. The lowest BCUT2D eigenvalue weighted by atomic mass is 9.99. The molecule has 2 aliphatic heterocycles. The van der Waals surface area contributed by atoms with E-state index in [4.69, 9.17) is 15.2 Å². The molecule has 0 bridgehead atoms. The first-order valence-corrected chi connectivity index (χ1v) is 15.4. The average Bonchev–Trinajstić information content (AvgIpc) is 3.90. The summed E-state index contributed by atoms with van der Waals surface area (Å²) in [7, 11) is 0. The number of hydrogen-bond donors (Lipinski definition) is 3. The van der Waals surface area contributed by atoms with Crippen LogP contribution in [-0.4, -0.2) is 66.0 Å². The van der Waals surface area contributed by atoms with E-state index in [1.54, 1.807) is 35.2 Å². The Morgan fingerprint density at radius 1 is 1.00 bits per heavy atom. The number of rotatable bonds is 10. The van der Waals surface area contributed by atoms with Gasteiger partial charge in [-0.3, -0.25) is 14.4 Å². The maximum atomic E-state index is 13.5. The fraction of sp³-hybridized carbons (Fsp3) is 0.353. The molecule has 0 spiro atoms. The van der Waals surface area contributed by atoms with E-state index in [0.717, 1.165) is 48.8 Å². The van der Waals surface area contributed by atoms with Gasteiger partial charge in [-0.25, -0.2) is 4.79 Å². The molecule has 3 aromatic rings. The molecular formula is C34H37N5O6. The van der Waals surface area contributed by atoms with Crippen LogP contribution in [0.5, 0.6) is 5.75 Å². The molecular weight excluding hydrogens is 574 g/mol. The van der Waals surface area contributed by atoms with Crippen LogP contribution in [0.2, 0.25) is 0 Å². The third-order valence-electron chi connectivity index (χ3n) is 8.24. The van der Waals surface area contributed by atoms with Crippen molar-refractivity contribution < 1.29 is 28.7 Å². The van der Waals surface area contributed by atoms with Crippen molar-refractivity contribution in [2.75, 3.05) is 36.9 Å². The van der Waals surface area contributed by atoms with Crippen molar-refractivity contribution in [1.82, 2.24) is 9.80 Å². The standard InChI is InChI=1S/C34H37N5O6/c35-14-1-2-16-44-34(43)38-15-13-23-7-9-27(17-26(23)20-38)36-32(41)24-5-3-22(4-6-24)19-39(28-10-11-28)33(42)25-8-12-29-30(18-25)45-21-31(40)37-29/h3-9,12,17-18,28H,1-2,10-11,13-16,19-21,35H2,(H,36,41)(H,37,40). The molecule has 0 unspecified atom stereocenters. The zero-order valence-corrected chi connectivity index (χ0v) is 25.1. The van der Waals surface area contributed by atoms with Crippen LogP contribution in [0.15, 0.2) is 60.7 Å². The molecule has 3 aromatic carbocycles. The van der Waals surface area contributed by atoms with Gasteiger partial charge in [0.1, 0.15) is 5.75 Å². The first kappa shape index (κ1) is 30.1. The van der Waals surface area contributed by atoms with Crippen LogP contribution in [-0.2, 0) is 29.0 Å². The minimum atomic E-state index is -0.333. The summed E-state index contributed by atoms with van der Waals surface area (Å²) in [6.45, 7) is 2.28. The van der Waals surface area contributed by atoms with Crippen LogP contribution in [0.1, 0.15) is 63.1 Å². The number of carbonyl (C=O) groups is 4. The van der Waals surface area contributed by atoms with E-state index in [0.29, 0.717) is 61.0 Å². The van der Waals surface area contributed by atoms with Crippen molar-refractivity contribution in [1.29, 1.82) is 0 Å². The Morgan fingerprint density at radius 2 is 1.80 bits per heavy atom. The second kappa shape index (κ2) is 13.4. The quantitative estimate of drug-likeness (QED) is 0.290. The van der Waals surface area contributed by atoms with Gasteiger partial charge in [0.15, 0.2) is 6.61 Å². The molecule has 0 atom stereocenters. The van der Waals surface area contributed by atoms with Crippen LogP contribution < -0.4 is 21.1 Å². The lowest BCUT2D eigenvalue weighted by molar-refractivity contribution is -0.118. The highest BCUT2D eigenvalue weighted by molar-refractivity contribution is 6.04. The SMILES string of the molecule is NCCCCOC(=O)N1CCc2ccc(NC(=O)c3ccc(CN(C(=O)c4ccc5c(c4)OCC(=O)N5)C4CC4)cc3)cc2C1. The Bertz CT molecular complexity index is 1600. The first-order valence-electron chi connectivity index (χ1n) is 15.4. The second-order valence-corrected chi connectivity index (χ2v) is 11.6. The molecule has 0 radical (unpaired) electrons. The van der Waals surface area contributed by atoms with E-state index in [2.05, 4.69) is 10.6 Å². The van der Waals surface area contributed by atoms with Gasteiger partial charge in [-0.05, 0) is 97.8 Å². The summed E-state index contributed by atoms with van der Waals surface area (Å²) in [5.74, 6) is -0.0843. The molecule has 1 saturated carbocycles. The minimum absolute atomic E-state index is 0.0747. The molecule has 3 aliphatic rings. The minimum Gasteiger partial charge on any atom is -0.482 e. The number of carbonyl (C=O) groups excluding carboxylic acids is 4. The van der Waals surface area contributed by atoms with Crippen LogP contribution in [0.25, 0.3) is 0 Å². The molecule has 11 heteroatoms. The highest BCUT2D eigenvalue weighted by atomic mass is 16.6. The van der Waals surface area contributed by atoms with Crippen LogP contribution in [0.4, 0.5) is 16.2 Å². The Labute approximate surface area is 261 Å². The van der Waals surface area contributed by atoms with E-state index in [9.17, 15) is 19.2 Å². The molecule has 4 amide bonds. The first-order chi connectivity index (χ1) is 21.9. The lowest BCUT2D eigenvalue weighted by Gasteiger charge is -2.28. The van der Waals surface area contributed by atoms with Gasteiger partial charge in [-0.1, -0.05) is 18.2 Å². The average molecular weight is 612 g/mol. The molecule has 1 aliphatic carbocycles. The van der Waals surface area contributed by atoms with Gasteiger partial charge in [0.25, 0.3) is 17.7 Å². The van der Waals surface area contributed by atoms with Crippen molar-refractivity contribution >= 4 is 35.2 Å². The molecule has 234 valence electrons. The Kier molecular flexibility index (Phi) is 8.97. The highest BCUT2D eigenvalue weighted by Crippen LogP contribution is 2.33. The van der Waals surface area contributed by atoms with Gasteiger partial charge in [0.2, 0.25) is 0 Å². The summed E-state index contributed by atoms with van der Waals surface area (Å²) in [4.78, 5) is 54.2. The molecule has 6 rings (SSSR count). The number of fused-ring (bicyclic) bond motifs is 2. The van der Waals surface area contributed by atoms with Crippen molar-refractivity contribution in [3.8, 4) is 5.75 Å². The maximum absolute atomic E-state index is 13.5. The van der Waals surface area contributed by atoms with Gasteiger partial charge in [0.05, 0.1) is 12.3 Å².